The van der Waals surface area contributed by atoms with E-state index in [1.807, 2.05) is 0 Å². The number of benzene rings is 3. The first kappa shape index (κ1) is 30.2. The van der Waals surface area contributed by atoms with Gasteiger partial charge in [-0.3, -0.25) is 9.10 Å². The van der Waals surface area contributed by atoms with Gasteiger partial charge in [0.05, 0.1) is 29.0 Å². The Morgan fingerprint density at radius 2 is 1.77 bits per heavy atom. The second-order valence-corrected chi connectivity index (χ2v) is 10.3. The average Bonchev–Trinajstić information content (AvgIpc) is 2.91. The highest BCUT2D eigenvalue weighted by Crippen LogP contribution is 2.33. The van der Waals surface area contributed by atoms with Gasteiger partial charge in [-0.25, -0.2) is 13.8 Å². The van der Waals surface area contributed by atoms with Crippen LogP contribution in [-0.4, -0.2) is 40.3 Å². The van der Waals surface area contributed by atoms with Gasteiger partial charge in [-0.2, -0.15) is 18.3 Å². The summed E-state index contributed by atoms with van der Waals surface area (Å²) in [5, 5.41) is 3.87. The molecule has 40 heavy (non-hydrogen) atoms. The Morgan fingerprint density at radius 3 is 2.42 bits per heavy atom. The Labute approximate surface area is 230 Å². The molecule has 0 saturated carbocycles. The predicted molar refractivity (Wildman–Crippen MR) is 146 cm³/mol. The van der Waals surface area contributed by atoms with Crippen molar-refractivity contribution in [3.05, 3.63) is 96.1 Å². The second kappa shape index (κ2) is 13.2. The molecule has 0 aromatic heterocycles. The van der Waals surface area contributed by atoms with E-state index in [0.717, 1.165) is 17.7 Å². The van der Waals surface area contributed by atoms with Crippen molar-refractivity contribution in [1.29, 1.82) is 0 Å². The van der Waals surface area contributed by atoms with Crippen molar-refractivity contribution < 1.29 is 35.9 Å². The highest BCUT2D eigenvalue weighted by atomic mass is 32.2. The number of sulfonamides is 1. The number of hydrogen-bond donors (Lipinski definition) is 1. The maximum absolute atomic E-state index is 13.4. The van der Waals surface area contributed by atoms with E-state index >= 15 is 0 Å². The van der Waals surface area contributed by atoms with E-state index in [4.69, 9.17) is 9.47 Å². The van der Waals surface area contributed by atoms with Crippen molar-refractivity contribution in [3.63, 3.8) is 0 Å². The van der Waals surface area contributed by atoms with Gasteiger partial charge in [-0.05, 0) is 67.9 Å². The van der Waals surface area contributed by atoms with Crippen molar-refractivity contribution in [2.45, 2.75) is 24.9 Å². The van der Waals surface area contributed by atoms with E-state index in [2.05, 4.69) is 17.1 Å². The van der Waals surface area contributed by atoms with Crippen LogP contribution in [0.15, 0.2) is 89.4 Å². The Hall–Kier alpha value is -4.32. The van der Waals surface area contributed by atoms with Gasteiger partial charge in [-0.1, -0.05) is 36.4 Å². The molecule has 212 valence electrons. The summed E-state index contributed by atoms with van der Waals surface area (Å²) in [5.41, 5.74) is 2.16. The first-order valence-corrected chi connectivity index (χ1v) is 13.5. The minimum Gasteiger partial charge on any atom is -0.490 e. The van der Waals surface area contributed by atoms with Gasteiger partial charge in [0, 0.05) is 0 Å². The molecule has 12 heteroatoms. The summed E-state index contributed by atoms with van der Waals surface area (Å²) in [6.07, 6.45) is -1.82. The van der Waals surface area contributed by atoms with Gasteiger partial charge in [0.2, 0.25) is 0 Å². The third kappa shape index (κ3) is 7.85. The van der Waals surface area contributed by atoms with Crippen molar-refractivity contribution in [2.75, 3.05) is 24.1 Å². The number of carbonyl (C=O) groups excluding carboxylic acids is 1. The molecule has 0 radical (unpaired) electrons. The number of rotatable bonds is 12. The van der Waals surface area contributed by atoms with Crippen molar-refractivity contribution in [2.24, 2.45) is 5.10 Å². The zero-order chi connectivity index (χ0) is 29.3. The lowest BCUT2D eigenvalue weighted by Gasteiger charge is -2.24. The fraction of sp³-hybridized carbons (Fsp3) is 0.214. The molecule has 0 aliphatic heterocycles. The molecular weight excluding hydrogens is 547 g/mol. The zero-order valence-corrected chi connectivity index (χ0v) is 22.6. The minimum atomic E-state index is -4.71. The first-order chi connectivity index (χ1) is 19.0. The number of alkyl halides is 3. The molecular formula is C28H28F3N3O5S. The van der Waals surface area contributed by atoms with E-state index in [0.29, 0.717) is 34.0 Å². The van der Waals surface area contributed by atoms with Gasteiger partial charge in [0.25, 0.3) is 15.9 Å². The number of hydrogen-bond acceptors (Lipinski definition) is 6. The van der Waals surface area contributed by atoms with Gasteiger partial charge in [-0.15, -0.1) is 0 Å². The topological polar surface area (TPSA) is 97.3 Å². The number of ether oxygens (including phenoxy) is 2. The van der Waals surface area contributed by atoms with Gasteiger partial charge < -0.3 is 9.47 Å². The zero-order valence-electron chi connectivity index (χ0n) is 21.8. The van der Waals surface area contributed by atoms with E-state index in [1.54, 1.807) is 50.3 Å². The quantitative estimate of drug-likeness (QED) is 0.179. The Balaban J connectivity index is 1.86. The SMILES string of the molecule is C=CCOc1ccc(/C=N\NC(=O)CN(c2cccc(C(F)(F)F)c2)S(=O)(=O)c2ccc(C)cc2)cc1OCC. The monoisotopic (exact) mass is 575 g/mol. The summed E-state index contributed by atoms with van der Waals surface area (Å²) in [6.45, 7) is 6.99. The lowest BCUT2D eigenvalue weighted by Crippen LogP contribution is -2.39. The van der Waals surface area contributed by atoms with Crippen LogP contribution in [0, 0.1) is 6.92 Å². The molecule has 0 aliphatic rings. The second-order valence-electron chi connectivity index (χ2n) is 8.40. The molecule has 0 aliphatic carbocycles. The van der Waals surface area contributed by atoms with Crippen molar-refractivity contribution in [3.8, 4) is 11.5 Å². The predicted octanol–water partition coefficient (Wildman–Crippen LogP) is 5.32. The molecule has 0 saturated heterocycles. The lowest BCUT2D eigenvalue weighted by atomic mass is 10.2. The molecule has 0 atom stereocenters. The smallest absolute Gasteiger partial charge is 0.416 e. The Morgan fingerprint density at radius 1 is 1.05 bits per heavy atom. The van der Waals surface area contributed by atoms with E-state index in [1.165, 1.54) is 24.4 Å². The fourth-order valence-electron chi connectivity index (χ4n) is 3.48. The van der Waals surface area contributed by atoms with Crippen LogP contribution in [0.5, 0.6) is 11.5 Å². The summed E-state index contributed by atoms with van der Waals surface area (Å²) in [7, 11) is -4.41. The molecule has 1 amide bonds. The normalized spacial score (nSPS) is 11.7. The van der Waals surface area contributed by atoms with Gasteiger partial charge in [0.15, 0.2) is 11.5 Å². The van der Waals surface area contributed by atoms with Crippen molar-refractivity contribution in [1.82, 2.24) is 5.43 Å². The number of halogens is 3. The van der Waals surface area contributed by atoms with E-state index < -0.39 is 34.2 Å². The van der Waals surface area contributed by atoms with E-state index in [9.17, 15) is 26.4 Å². The third-order valence-corrected chi connectivity index (χ3v) is 7.17. The van der Waals surface area contributed by atoms with Crippen LogP contribution in [0.2, 0.25) is 0 Å². The number of nitrogens with one attached hydrogen (secondary N) is 1. The highest BCUT2D eigenvalue weighted by Gasteiger charge is 2.33. The molecule has 0 bridgehead atoms. The maximum atomic E-state index is 13.4. The number of aryl methyl sites for hydroxylation is 1. The molecule has 8 nitrogen and oxygen atoms in total. The molecule has 0 fully saturated rings. The van der Waals surface area contributed by atoms with Crippen LogP contribution in [0.1, 0.15) is 23.6 Å². The molecule has 0 spiro atoms. The minimum absolute atomic E-state index is 0.186. The van der Waals surface area contributed by atoms with Crippen LogP contribution in [-0.2, 0) is 21.0 Å². The van der Waals surface area contributed by atoms with Crippen LogP contribution in [0.4, 0.5) is 18.9 Å². The number of amides is 1. The number of hydrazone groups is 1. The third-order valence-electron chi connectivity index (χ3n) is 5.38. The summed E-state index contributed by atoms with van der Waals surface area (Å²) in [4.78, 5) is 12.6. The summed E-state index contributed by atoms with van der Waals surface area (Å²) < 4.78 is 78.7. The molecule has 0 unspecified atom stereocenters. The van der Waals surface area contributed by atoms with Gasteiger partial charge in [0.1, 0.15) is 13.2 Å². The van der Waals surface area contributed by atoms with Crippen LogP contribution < -0.4 is 19.2 Å². The molecule has 3 aromatic rings. The summed E-state index contributed by atoms with van der Waals surface area (Å²) in [6, 6.07) is 14.4. The number of nitrogens with zero attached hydrogens (tertiary/aromatic N) is 2. The molecule has 0 heterocycles. The standard InChI is InChI=1S/C28H28F3N3O5S/c1-4-15-39-25-14-11-21(16-26(25)38-5-2)18-32-33-27(35)19-34(23-8-6-7-22(17-23)28(29,30)31)40(36,37)24-12-9-20(3)10-13-24/h4,6-14,16-18H,1,5,15,19H2,2-3H3,(H,33,35)/b32-18-. The van der Waals surface area contributed by atoms with Crippen LogP contribution in [0.3, 0.4) is 0 Å². The lowest BCUT2D eigenvalue weighted by molar-refractivity contribution is -0.137. The summed E-state index contributed by atoms with van der Waals surface area (Å²) in [5.74, 6) is 0.0563. The average molecular weight is 576 g/mol. The van der Waals surface area contributed by atoms with E-state index in [-0.39, 0.29) is 17.2 Å². The van der Waals surface area contributed by atoms with Crippen LogP contribution >= 0.6 is 0 Å². The van der Waals surface area contributed by atoms with Gasteiger partial charge >= 0.3 is 6.18 Å². The fourth-order valence-corrected chi connectivity index (χ4v) is 4.89. The van der Waals surface area contributed by atoms with Crippen molar-refractivity contribution >= 4 is 27.8 Å². The highest BCUT2D eigenvalue weighted by molar-refractivity contribution is 7.92. The number of anilines is 1. The maximum Gasteiger partial charge on any atom is 0.416 e. The molecule has 3 rings (SSSR count). The number of carbonyl (C=O) groups is 1. The molecule has 1 N–H and O–H groups in total. The molecule has 3 aromatic carbocycles. The largest absolute Gasteiger partial charge is 0.490 e. The Bertz CT molecular complexity index is 1470. The first-order valence-electron chi connectivity index (χ1n) is 12.0. The summed E-state index contributed by atoms with van der Waals surface area (Å²) >= 11 is 0. The Kier molecular flexibility index (Phi) is 9.94. The van der Waals surface area contributed by atoms with Crippen LogP contribution in [0.25, 0.3) is 0 Å².